The highest BCUT2D eigenvalue weighted by Gasteiger charge is 2.38. The molecular weight excluding hydrogens is 330 g/mol. The molecule has 0 unspecified atom stereocenters. The maximum atomic E-state index is 12.2. The van der Waals surface area contributed by atoms with Crippen LogP contribution in [0.15, 0.2) is 29.2 Å². The topological polar surface area (TPSA) is 118 Å². The summed E-state index contributed by atoms with van der Waals surface area (Å²) in [5.74, 6) is -0.596. The number of primary sulfonamides is 1. The third-order valence-electron chi connectivity index (χ3n) is 4.00. The Hall–Kier alpha value is -1.93. The first-order chi connectivity index (χ1) is 11.1. The van der Waals surface area contributed by atoms with Gasteiger partial charge in [0.15, 0.2) is 0 Å². The van der Waals surface area contributed by atoms with Crippen LogP contribution in [-0.2, 0) is 26.0 Å². The van der Waals surface area contributed by atoms with Gasteiger partial charge in [0.05, 0.1) is 4.90 Å². The molecule has 0 radical (unpaired) electrons. The monoisotopic (exact) mass is 353 g/mol. The summed E-state index contributed by atoms with van der Waals surface area (Å²) in [7, 11) is -3.70. The molecule has 2 amide bonds. The highest BCUT2D eigenvalue weighted by molar-refractivity contribution is 7.89. The number of carbonyl (C=O) groups is 2. The molecule has 4 N–H and O–H groups in total. The number of sulfonamides is 1. The second kappa shape index (κ2) is 6.90. The van der Waals surface area contributed by atoms with E-state index >= 15 is 0 Å². The third kappa shape index (κ3) is 4.78. The molecule has 0 saturated heterocycles. The fraction of sp³-hybridized carbons (Fsp3) is 0.500. The first-order valence-corrected chi connectivity index (χ1v) is 9.36. The zero-order valence-corrected chi connectivity index (χ0v) is 14.7. The summed E-state index contributed by atoms with van der Waals surface area (Å²) < 4.78 is 22.4. The molecule has 132 valence electrons. The highest BCUT2D eigenvalue weighted by Crippen LogP contribution is 2.23. The van der Waals surface area contributed by atoms with Crippen molar-refractivity contribution in [2.24, 2.45) is 10.6 Å². The summed E-state index contributed by atoms with van der Waals surface area (Å²) in [6, 6.07) is 6.37. The molecule has 0 bridgehead atoms. The van der Waals surface area contributed by atoms with E-state index in [0.29, 0.717) is 13.0 Å². The fourth-order valence-corrected chi connectivity index (χ4v) is 2.60. The van der Waals surface area contributed by atoms with E-state index in [1.165, 1.54) is 12.1 Å². The van der Waals surface area contributed by atoms with Crippen LogP contribution >= 0.6 is 0 Å². The van der Waals surface area contributed by atoms with Gasteiger partial charge in [-0.15, -0.1) is 0 Å². The van der Waals surface area contributed by atoms with E-state index in [1.54, 1.807) is 26.0 Å². The number of hydrogen-bond donors (Lipinski definition) is 3. The van der Waals surface area contributed by atoms with Gasteiger partial charge in [-0.25, -0.2) is 13.6 Å². The summed E-state index contributed by atoms with van der Waals surface area (Å²) in [6.07, 6.45) is 2.47. The Morgan fingerprint density at radius 3 is 2.25 bits per heavy atom. The average molecular weight is 353 g/mol. The van der Waals surface area contributed by atoms with Crippen LogP contribution < -0.4 is 15.8 Å². The molecule has 8 heteroatoms. The molecule has 0 heterocycles. The maximum Gasteiger partial charge on any atom is 0.238 e. The van der Waals surface area contributed by atoms with E-state index in [1.807, 2.05) is 0 Å². The summed E-state index contributed by atoms with van der Waals surface area (Å²) in [4.78, 5) is 24.3. The Bertz CT molecular complexity index is 722. The van der Waals surface area contributed by atoms with Crippen LogP contribution in [0.2, 0.25) is 0 Å². The molecule has 1 aromatic carbocycles. The van der Waals surface area contributed by atoms with Crippen LogP contribution in [-0.4, -0.2) is 32.8 Å². The lowest BCUT2D eigenvalue weighted by Crippen LogP contribution is -2.48. The quantitative estimate of drug-likeness (QED) is 0.611. The maximum absolute atomic E-state index is 12.2. The van der Waals surface area contributed by atoms with E-state index in [-0.39, 0.29) is 22.8 Å². The number of carbonyl (C=O) groups excluding carboxylic acids is 2. The van der Waals surface area contributed by atoms with Crippen molar-refractivity contribution in [3.05, 3.63) is 29.8 Å². The van der Waals surface area contributed by atoms with Gasteiger partial charge in [0.1, 0.15) is 5.41 Å². The lowest BCUT2D eigenvalue weighted by molar-refractivity contribution is -0.141. The number of nitrogens with one attached hydrogen (secondary N) is 2. The summed E-state index contributed by atoms with van der Waals surface area (Å²) >= 11 is 0. The molecule has 24 heavy (non-hydrogen) atoms. The molecule has 1 saturated carbocycles. The molecule has 1 aliphatic rings. The standard InChI is InChI=1S/C16H23N3O4S/c1-16(2,15(21)19-12-5-6-12)14(20)18-10-9-11-3-7-13(8-4-11)24(17,22)23/h3-4,7-8,12H,5-6,9-10H2,1-2H3,(H,18,20)(H,19,21)(H2,17,22,23). The largest absolute Gasteiger partial charge is 0.355 e. The predicted octanol–water partition coefficient (Wildman–Crippen LogP) is 0.298. The van der Waals surface area contributed by atoms with Crippen LogP contribution in [0.25, 0.3) is 0 Å². The number of hydrogen-bond acceptors (Lipinski definition) is 4. The fourth-order valence-electron chi connectivity index (χ4n) is 2.08. The smallest absolute Gasteiger partial charge is 0.238 e. The minimum atomic E-state index is -3.70. The molecule has 1 aliphatic carbocycles. The zero-order valence-electron chi connectivity index (χ0n) is 13.8. The van der Waals surface area contributed by atoms with Gasteiger partial charge in [-0.05, 0) is 50.8 Å². The molecule has 1 aromatic rings. The first-order valence-electron chi connectivity index (χ1n) is 7.82. The van der Waals surface area contributed by atoms with Crippen molar-refractivity contribution in [1.29, 1.82) is 0 Å². The molecule has 2 rings (SSSR count). The third-order valence-corrected chi connectivity index (χ3v) is 4.93. The van der Waals surface area contributed by atoms with Gasteiger partial charge in [0.2, 0.25) is 21.8 Å². The Morgan fingerprint density at radius 2 is 1.75 bits per heavy atom. The van der Waals surface area contributed by atoms with Crippen molar-refractivity contribution < 1.29 is 18.0 Å². The van der Waals surface area contributed by atoms with Gasteiger partial charge in [-0.2, -0.15) is 0 Å². The minimum Gasteiger partial charge on any atom is -0.355 e. The second-order valence-corrected chi connectivity index (χ2v) is 8.13. The van der Waals surface area contributed by atoms with E-state index in [9.17, 15) is 18.0 Å². The zero-order chi connectivity index (χ0) is 18.0. The average Bonchev–Trinajstić information content (AvgIpc) is 3.30. The molecular formula is C16H23N3O4S. The highest BCUT2D eigenvalue weighted by atomic mass is 32.2. The Balaban J connectivity index is 1.84. The predicted molar refractivity (Wildman–Crippen MR) is 89.5 cm³/mol. The normalized spacial score (nSPS) is 15.0. The molecule has 7 nitrogen and oxygen atoms in total. The lowest BCUT2D eigenvalue weighted by Gasteiger charge is -2.22. The van der Waals surface area contributed by atoms with E-state index in [4.69, 9.17) is 5.14 Å². The SMILES string of the molecule is CC(C)(C(=O)NCCc1ccc(S(N)(=O)=O)cc1)C(=O)NC1CC1. The Kier molecular flexibility index (Phi) is 5.29. The van der Waals surface area contributed by atoms with Crippen LogP contribution in [0.1, 0.15) is 32.3 Å². The van der Waals surface area contributed by atoms with Crippen molar-refractivity contribution in [2.45, 2.75) is 44.0 Å². The minimum absolute atomic E-state index is 0.0492. The Morgan fingerprint density at radius 1 is 1.17 bits per heavy atom. The van der Waals surface area contributed by atoms with Gasteiger partial charge in [0, 0.05) is 12.6 Å². The van der Waals surface area contributed by atoms with Gasteiger partial charge in [0.25, 0.3) is 0 Å². The van der Waals surface area contributed by atoms with Gasteiger partial charge < -0.3 is 10.6 Å². The van der Waals surface area contributed by atoms with Crippen molar-refractivity contribution in [1.82, 2.24) is 10.6 Å². The van der Waals surface area contributed by atoms with E-state index in [2.05, 4.69) is 10.6 Å². The van der Waals surface area contributed by atoms with Gasteiger partial charge in [-0.3, -0.25) is 9.59 Å². The lowest BCUT2D eigenvalue weighted by atomic mass is 9.91. The number of benzene rings is 1. The molecule has 0 atom stereocenters. The summed E-state index contributed by atoms with van der Waals surface area (Å²) in [6.45, 7) is 3.55. The summed E-state index contributed by atoms with van der Waals surface area (Å²) in [5, 5.41) is 10.6. The van der Waals surface area contributed by atoms with E-state index in [0.717, 1.165) is 18.4 Å². The van der Waals surface area contributed by atoms with Gasteiger partial charge >= 0.3 is 0 Å². The number of nitrogens with two attached hydrogens (primary N) is 1. The molecule has 0 spiro atoms. The second-order valence-electron chi connectivity index (χ2n) is 6.57. The van der Waals surface area contributed by atoms with Crippen LogP contribution in [0, 0.1) is 5.41 Å². The molecule has 0 aromatic heterocycles. The number of rotatable bonds is 7. The van der Waals surface area contributed by atoms with Crippen LogP contribution in [0.5, 0.6) is 0 Å². The number of amides is 2. The van der Waals surface area contributed by atoms with E-state index < -0.39 is 15.4 Å². The van der Waals surface area contributed by atoms with Crippen molar-refractivity contribution in [2.75, 3.05) is 6.54 Å². The first kappa shape index (κ1) is 18.4. The van der Waals surface area contributed by atoms with Crippen LogP contribution in [0.3, 0.4) is 0 Å². The summed E-state index contributed by atoms with van der Waals surface area (Å²) in [5.41, 5.74) is -0.261. The molecule has 1 fully saturated rings. The van der Waals surface area contributed by atoms with Crippen molar-refractivity contribution in [3.63, 3.8) is 0 Å². The van der Waals surface area contributed by atoms with Gasteiger partial charge in [-0.1, -0.05) is 12.1 Å². The van der Waals surface area contributed by atoms with Crippen LogP contribution in [0.4, 0.5) is 0 Å². The van der Waals surface area contributed by atoms with Crippen molar-refractivity contribution >= 4 is 21.8 Å². The molecule has 0 aliphatic heterocycles. The van der Waals surface area contributed by atoms with Crippen molar-refractivity contribution in [3.8, 4) is 0 Å². The Labute approximate surface area is 142 Å².